The SMILES string of the molecule is C[C@H](N)c1cc(F)ccc1N(C)C(C)(C)CO. The highest BCUT2D eigenvalue weighted by atomic mass is 19.1. The van der Waals surface area contributed by atoms with E-state index >= 15 is 0 Å². The van der Waals surface area contributed by atoms with Crippen LogP contribution in [0.3, 0.4) is 0 Å². The van der Waals surface area contributed by atoms with Crippen LogP contribution in [0.1, 0.15) is 32.4 Å². The number of likely N-dealkylation sites (N-methyl/N-ethyl adjacent to an activating group) is 1. The number of benzene rings is 1. The van der Waals surface area contributed by atoms with Gasteiger partial charge in [-0.1, -0.05) is 0 Å². The molecule has 1 atom stereocenters. The summed E-state index contributed by atoms with van der Waals surface area (Å²) in [6.07, 6.45) is 0. The van der Waals surface area contributed by atoms with Gasteiger partial charge >= 0.3 is 0 Å². The normalized spacial score (nSPS) is 13.6. The zero-order valence-corrected chi connectivity index (χ0v) is 10.9. The molecule has 1 aromatic rings. The number of nitrogens with zero attached hydrogens (tertiary/aromatic N) is 1. The number of aliphatic hydroxyl groups excluding tert-OH is 1. The first-order valence-corrected chi connectivity index (χ1v) is 5.69. The van der Waals surface area contributed by atoms with Crippen molar-refractivity contribution >= 4 is 5.69 Å². The molecule has 0 saturated heterocycles. The van der Waals surface area contributed by atoms with Crippen LogP contribution < -0.4 is 10.6 Å². The van der Waals surface area contributed by atoms with Crippen molar-refractivity contribution in [2.75, 3.05) is 18.6 Å². The molecule has 3 N–H and O–H groups in total. The number of hydrogen-bond donors (Lipinski definition) is 2. The fourth-order valence-electron chi connectivity index (χ4n) is 1.63. The van der Waals surface area contributed by atoms with Gasteiger partial charge in [-0.3, -0.25) is 0 Å². The number of halogens is 1. The van der Waals surface area contributed by atoms with E-state index in [1.807, 2.05) is 32.7 Å². The Morgan fingerprint density at radius 2 is 2.06 bits per heavy atom. The number of hydrogen-bond acceptors (Lipinski definition) is 3. The van der Waals surface area contributed by atoms with Crippen molar-refractivity contribution in [1.82, 2.24) is 0 Å². The van der Waals surface area contributed by atoms with Crippen LogP contribution in [0.15, 0.2) is 18.2 Å². The maximum Gasteiger partial charge on any atom is 0.123 e. The minimum absolute atomic E-state index is 0.0132. The largest absolute Gasteiger partial charge is 0.394 e. The predicted molar refractivity (Wildman–Crippen MR) is 68.6 cm³/mol. The lowest BCUT2D eigenvalue weighted by molar-refractivity contribution is 0.216. The molecular weight excluding hydrogens is 219 g/mol. The van der Waals surface area contributed by atoms with Crippen molar-refractivity contribution in [3.8, 4) is 0 Å². The maximum absolute atomic E-state index is 13.2. The Labute approximate surface area is 102 Å². The first-order chi connectivity index (χ1) is 7.79. The molecule has 0 fully saturated rings. The van der Waals surface area contributed by atoms with E-state index in [0.717, 1.165) is 11.3 Å². The van der Waals surface area contributed by atoms with E-state index in [-0.39, 0.29) is 18.5 Å². The number of rotatable bonds is 4. The average Bonchev–Trinajstić information content (AvgIpc) is 2.28. The summed E-state index contributed by atoms with van der Waals surface area (Å²) in [5.41, 5.74) is 7.03. The molecular formula is C13H21FN2O. The minimum Gasteiger partial charge on any atom is -0.394 e. The molecule has 1 aromatic carbocycles. The molecule has 0 unspecified atom stereocenters. The van der Waals surface area contributed by atoms with Gasteiger partial charge in [0, 0.05) is 18.8 Å². The number of nitrogens with two attached hydrogens (primary N) is 1. The molecule has 0 radical (unpaired) electrons. The molecule has 4 heteroatoms. The summed E-state index contributed by atoms with van der Waals surface area (Å²) in [6.45, 7) is 5.67. The highest BCUT2D eigenvalue weighted by molar-refractivity contribution is 5.56. The molecule has 3 nitrogen and oxygen atoms in total. The lowest BCUT2D eigenvalue weighted by atomic mass is 9.99. The van der Waals surface area contributed by atoms with Crippen LogP contribution >= 0.6 is 0 Å². The molecule has 0 aliphatic rings. The summed E-state index contributed by atoms with van der Waals surface area (Å²) >= 11 is 0. The van der Waals surface area contributed by atoms with E-state index in [4.69, 9.17) is 5.73 Å². The third kappa shape index (κ3) is 2.96. The van der Waals surface area contributed by atoms with Gasteiger partial charge in [-0.05, 0) is 44.5 Å². The molecule has 17 heavy (non-hydrogen) atoms. The van der Waals surface area contributed by atoms with Crippen molar-refractivity contribution in [3.63, 3.8) is 0 Å². The highest BCUT2D eigenvalue weighted by Crippen LogP contribution is 2.29. The molecule has 0 aliphatic heterocycles. The predicted octanol–water partition coefficient (Wildman–Crippen LogP) is 2.05. The number of anilines is 1. The Hall–Kier alpha value is -1.13. The Morgan fingerprint density at radius 1 is 1.47 bits per heavy atom. The minimum atomic E-state index is -0.415. The summed E-state index contributed by atoms with van der Waals surface area (Å²) in [5, 5.41) is 9.36. The topological polar surface area (TPSA) is 49.5 Å². The second-order valence-corrected chi connectivity index (χ2v) is 5.02. The van der Waals surface area contributed by atoms with Gasteiger partial charge in [-0.2, -0.15) is 0 Å². The molecule has 0 aliphatic carbocycles. The molecule has 0 spiro atoms. The first kappa shape index (κ1) is 13.9. The van der Waals surface area contributed by atoms with E-state index in [0.29, 0.717) is 0 Å². The molecule has 1 rings (SSSR count). The van der Waals surface area contributed by atoms with Crippen LogP contribution in [0.4, 0.5) is 10.1 Å². The van der Waals surface area contributed by atoms with Gasteiger partial charge < -0.3 is 15.7 Å². The highest BCUT2D eigenvalue weighted by Gasteiger charge is 2.25. The van der Waals surface area contributed by atoms with E-state index in [2.05, 4.69) is 0 Å². The van der Waals surface area contributed by atoms with Crippen molar-refractivity contribution in [2.45, 2.75) is 32.4 Å². The fourth-order valence-corrected chi connectivity index (χ4v) is 1.63. The monoisotopic (exact) mass is 240 g/mol. The second kappa shape index (κ2) is 5.02. The fraction of sp³-hybridized carbons (Fsp3) is 0.538. The van der Waals surface area contributed by atoms with Crippen molar-refractivity contribution in [3.05, 3.63) is 29.6 Å². The summed E-state index contributed by atoms with van der Waals surface area (Å²) in [7, 11) is 1.87. The zero-order valence-electron chi connectivity index (χ0n) is 10.9. The second-order valence-electron chi connectivity index (χ2n) is 5.02. The quantitative estimate of drug-likeness (QED) is 0.847. The van der Waals surface area contributed by atoms with E-state index in [9.17, 15) is 9.50 Å². The van der Waals surface area contributed by atoms with Crippen LogP contribution in [-0.2, 0) is 0 Å². The third-order valence-corrected chi connectivity index (χ3v) is 3.14. The Kier molecular flexibility index (Phi) is 4.11. The van der Waals surface area contributed by atoms with Crippen molar-refractivity contribution in [2.24, 2.45) is 5.73 Å². The molecule has 0 heterocycles. The smallest absolute Gasteiger partial charge is 0.123 e. The van der Waals surface area contributed by atoms with E-state index in [1.165, 1.54) is 12.1 Å². The van der Waals surface area contributed by atoms with Gasteiger partial charge in [0.15, 0.2) is 0 Å². The van der Waals surface area contributed by atoms with Gasteiger partial charge in [0.1, 0.15) is 5.82 Å². The summed E-state index contributed by atoms with van der Waals surface area (Å²) in [5.74, 6) is -0.295. The van der Waals surface area contributed by atoms with Crippen LogP contribution in [-0.4, -0.2) is 24.3 Å². The molecule has 0 bridgehead atoms. The zero-order chi connectivity index (χ0) is 13.2. The van der Waals surface area contributed by atoms with Crippen molar-refractivity contribution < 1.29 is 9.50 Å². The Bertz CT molecular complexity index is 391. The molecule has 0 aromatic heterocycles. The lowest BCUT2D eigenvalue weighted by Gasteiger charge is -2.37. The summed E-state index contributed by atoms with van der Waals surface area (Å²) in [4.78, 5) is 1.92. The average molecular weight is 240 g/mol. The standard InChI is InChI=1S/C13H21FN2O/c1-9(15)11-7-10(14)5-6-12(11)16(4)13(2,3)8-17/h5-7,9,17H,8,15H2,1-4H3/t9-/m0/s1. The molecule has 0 saturated carbocycles. The molecule has 96 valence electrons. The lowest BCUT2D eigenvalue weighted by Crippen LogP contribution is -2.45. The van der Waals surface area contributed by atoms with Gasteiger partial charge in [0.2, 0.25) is 0 Å². The first-order valence-electron chi connectivity index (χ1n) is 5.69. The molecule has 0 amide bonds. The third-order valence-electron chi connectivity index (χ3n) is 3.14. The van der Waals surface area contributed by atoms with E-state index in [1.54, 1.807) is 6.07 Å². The van der Waals surface area contributed by atoms with Crippen LogP contribution in [0, 0.1) is 5.82 Å². The summed E-state index contributed by atoms with van der Waals surface area (Å²) < 4.78 is 13.2. The van der Waals surface area contributed by atoms with Crippen LogP contribution in [0.25, 0.3) is 0 Å². The van der Waals surface area contributed by atoms with Crippen LogP contribution in [0.2, 0.25) is 0 Å². The Balaban J connectivity index is 3.22. The van der Waals surface area contributed by atoms with Gasteiger partial charge in [0.25, 0.3) is 0 Å². The van der Waals surface area contributed by atoms with Gasteiger partial charge in [0.05, 0.1) is 12.1 Å². The summed E-state index contributed by atoms with van der Waals surface area (Å²) in [6, 6.07) is 4.30. The van der Waals surface area contributed by atoms with Gasteiger partial charge in [-0.25, -0.2) is 4.39 Å². The van der Waals surface area contributed by atoms with Gasteiger partial charge in [-0.15, -0.1) is 0 Å². The van der Waals surface area contributed by atoms with Crippen LogP contribution in [0.5, 0.6) is 0 Å². The Morgan fingerprint density at radius 3 is 2.53 bits per heavy atom. The maximum atomic E-state index is 13.2. The van der Waals surface area contributed by atoms with Crippen molar-refractivity contribution in [1.29, 1.82) is 0 Å². The number of aliphatic hydroxyl groups is 1. The van der Waals surface area contributed by atoms with E-state index < -0.39 is 5.54 Å².